The molecule has 0 aromatic carbocycles. The van der Waals surface area contributed by atoms with Gasteiger partial charge in [-0.2, -0.15) is 8.42 Å². The second kappa shape index (κ2) is 4.68. The van der Waals surface area contributed by atoms with Gasteiger partial charge in [0.2, 0.25) is 0 Å². The molecule has 0 aromatic rings. The van der Waals surface area contributed by atoms with E-state index in [0.717, 1.165) is 0 Å². The van der Waals surface area contributed by atoms with E-state index in [9.17, 15) is 8.42 Å². The SMILES string of the molecule is CS(=O)(=O)O.C[Si](C)(C)I. The lowest BCUT2D eigenvalue weighted by Crippen LogP contribution is -2.05. The maximum atomic E-state index is 9.19. The van der Waals surface area contributed by atoms with Gasteiger partial charge in [-0.15, -0.1) is 21.8 Å². The van der Waals surface area contributed by atoms with E-state index in [1.807, 2.05) is 0 Å². The highest BCUT2D eigenvalue weighted by molar-refractivity contribution is 14.1. The van der Waals surface area contributed by atoms with Gasteiger partial charge in [0.25, 0.3) is 10.1 Å². The molecule has 6 heteroatoms. The monoisotopic (exact) mass is 296 g/mol. The van der Waals surface area contributed by atoms with Crippen LogP contribution in [0, 0.1) is 0 Å². The normalized spacial score (nSPS) is 11.8. The third kappa shape index (κ3) is 745. The minimum absolute atomic E-state index is 0.641. The largest absolute Gasteiger partial charge is 0.286 e. The summed E-state index contributed by atoms with van der Waals surface area (Å²) in [4.78, 5) is 0. The molecule has 0 aliphatic carbocycles. The van der Waals surface area contributed by atoms with Crippen molar-refractivity contribution >= 4 is 37.5 Å². The Morgan fingerprint density at radius 1 is 1.30 bits per heavy atom. The van der Waals surface area contributed by atoms with E-state index in [2.05, 4.69) is 41.4 Å². The predicted octanol–water partition coefficient (Wildman–Crippen LogP) is 1.76. The van der Waals surface area contributed by atoms with E-state index < -0.39 is 15.7 Å². The first-order valence-corrected chi connectivity index (χ1v) is 11.1. The molecule has 0 unspecified atom stereocenters. The van der Waals surface area contributed by atoms with Gasteiger partial charge in [-0.3, -0.25) is 4.55 Å². The van der Waals surface area contributed by atoms with Crippen LogP contribution >= 0.6 is 21.8 Å². The van der Waals surface area contributed by atoms with Gasteiger partial charge in [0.1, 0.15) is 5.57 Å². The van der Waals surface area contributed by atoms with E-state index in [-0.39, 0.29) is 0 Å². The van der Waals surface area contributed by atoms with Gasteiger partial charge in [0.15, 0.2) is 0 Å². The zero-order valence-electron chi connectivity index (χ0n) is 6.55. The maximum Gasteiger partial charge on any atom is 0.261 e. The third-order valence-corrected chi connectivity index (χ3v) is 0. The Morgan fingerprint density at radius 2 is 1.30 bits per heavy atom. The minimum atomic E-state index is -3.67. The Labute approximate surface area is 76.2 Å². The topological polar surface area (TPSA) is 54.4 Å². The molecule has 0 amide bonds. The molecular formula is C4H13IO3SSi. The van der Waals surface area contributed by atoms with Crippen LogP contribution in [0.4, 0.5) is 0 Å². The molecule has 3 nitrogen and oxygen atoms in total. The molecule has 0 fully saturated rings. The van der Waals surface area contributed by atoms with Crippen LogP contribution in [0.2, 0.25) is 19.6 Å². The molecule has 1 N–H and O–H groups in total. The van der Waals surface area contributed by atoms with E-state index >= 15 is 0 Å². The molecule has 0 atom stereocenters. The van der Waals surface area contributed by atoms with E-state index in [1.165, 1.54) is 0 Å². The van der Waals surface area contributed by atoms with Crippen LogP contribution < -0.4 is 0 Å². The van der Waals surface area contributed by atoms with Crippen LogP contribution in [-0.2, 0) is 10.1 Å². The van der Waals surface area contributed by atoms with Crippen molar-refractivity contribution in [3.8, 4) is 0 Å². The van der Waals surface area contributed by atoms with Crippen LogP contribution in [0.3, 0.4) is 0 Å². The van der Waals surface area contributed by atoms with Crippen molar-refractivity contribution in [1.29, 1.82) is 0 Å². The molecule has 0 heterocycles. The summed E-state index contributed by atoms with van der Waals surface area (Å²) in [5.74, 6) is 0. The van der Waals surface area contributed by atoms with Gasteiger partial charge in [-0.05, 0) is 0 Å². The minimum Gasteiger partial charge on any atom is -0.286 e. The summed E-state index contributed by atoms with van der Waals surface area (Å²) in [5, 5.41) is 0. The lowest BCUT2D eigenvalue weighted by molar-refractivity contribution is 0.490. The van der Waals surface area contributed by atoms with Gasteiger partial charge in [-0.1, -0.05) is 19.6 Å². The fraction of sp³-hybridized carbons (Fsp3) is 1.00. The molecule has 0 saturated heterocycles. The molecule has 64 valence electrons. The van der Waals surface area contributed by atoms with Gasteiger partial charge >= 0.3 is 0 Å². The number of hydrogen-bond donors (Lipinski definition) is 1. The summed E-state index contributed by atoms with van der Waals surface area (Å²) in [6.07, 6.45) is 0.715. The molecule has 0 saturated carbocycles. The van der Waals surface area contributed by atoms with Crippen molar-refractivity contribution in [3.05, 3.63) is 0 Å². The Bertz CT molecular complexity index is 155. The summed E-state index contributed by atoms with van der Waals surface area (Å²) >= 11 is 2.52. The molecular weight excluding hydrogens is 283 g/mol. The Balaban J connectivity index is 0. The van der Waals surface area contributed by atoms with Crippen LogP contribution in [0.5, 0.6) is 0 Å². The lowest BCUT2D eigenvalue weighted by atomic mass is 11.8. The first-order valence-electron chi connectivity index (χ1n) is 2.61. The molecule has 0 radical (unpaired) electrons. The van der Waals surface area contributed by atoms with Crippen LogP contribution in [0.25, 0.3) is 0 Å². The molecule has 0 aliphatic heterocycles. The smallest absolute Gasteiger partial charge is 0.261 e. The fourth-order valence-corrected chi connectivity index (χ4v) is 0. The Morgan fingerprint density at radius 3 is 1.30 bits per heavy atom. The molecule has 0 spiro atoms. The molecule has 0 bridgehead atoms. The second-order valence-electron chi connectivity index (χ2n) is 2.80. The highest BCUT2D eigenvalue weighted by Gasteiger charge is 2.02. The number of halogens is 1. The quantitative estimate of drug-likeness (QED) is 0.321. The zero-order valence-corrected chi connectivity index (χ0v) is 10.5. The van der Waals surface area contributed by atoms with Gasteiger partial charge in [-0.25, -0.2) is 0 Å². The second-order valence-corrected chi connectivity index (χ2v) is 18.1. The first kappa shape index (κ1) is 13.4. The first-order chi connectivity index (χ1) is 4.00. The summed E-state index contributed by atoms with van der Waals surface area (Å²) in [7, 11) is -3.67. The van der Waals surface area contributed by atoms with Crippen molar-refractivity contribution in [2.75, 3.05) is 6.26 Å². The van der Waals surface area contributed by atoms with Gasteiger partial charge in [0, 0.05) is 0 Å². The van der Waals surface area contributed by atoms with Crippen LogP contribution in [-0.4, -0.2) is 24.8 Å². The lowest BCUT2D eigenvalue weighted by Gasteiger charge is -1.98. The summed E-state index contributed by atoms with van der Waals surface area (Å²) in [6.45, 7) is 6.94. The fourth-order valence-electron chi connectivity index (χ4n) is 0. The molecule has 0 aliphatic rings. The van der Waals surface area contributed by atoms with E-state index in [0.29, 0.717) is 6.26 Å². The van der Waals surface area contributed by atoms with Crippen molar-refractivity contribution in [2.45, 2.75) is 19.6 Å². The van der Waals surface area contributed by atoms with Crippen LogP contribution in [0.15, 0.2) is 0 Å². The molecule has 10 heavy (non-hydrogen) atoms. The Kier molecular flexibility index (Phi) is 6.29. The highest BCUT2D eigenvalue weighted by Crippen LogP contribution is 2.08. The van der Waals surface area contributed by atoms with E-state index in [1.54, 1.807) is 0 Å². The summed E-state index contributed by atoms with van der Waals surface area (Å²) in [6, 6.07) is 0. The van der Waals surface area contributed by atoms with Crippen molar-refractivity contribution in [3.63, 3.8) is 0 Å². The average Bonchev–Trinajstić information content (AvgIpc) is 1.12. The highest BCUT2D eigenvalue weighted by atomic mass is 127. The maximum absolute atomic E-state index is 9.19. The average molecular weight is 296 g/mol. The van der Waals surface area contributed by atoms with E-state index in [4.69, 9.17) is 4.55 Å². The van der Waals surface area contributed by atoms with Crippen molar-refractivity contribution in [1.82, 2.24) is 0 Å². The zero-order chi connectivity index (χ0) is 9.00. The predicted molar refractivity (Wildman–Crippen MR) is 54.8 cm³/mol. The molecule has 0 rings (SSSR count). The summed E-state index contributed by atoms with van der Waals surface area (Å²) in [5.41, 5.74) is -0.641. The number of hydrogen-bond acceptors (Lipinski definition) is 2. The standard InChI is InChI=1S/C3H9ISi.CH4O3S/c2*1-5(2,3)4/h1-3H3;1H3,(H,2,3,4). The number of rotatable bonds is 0. The van der Waals surface area contributed by atoms with Gasteiger partial charge < -0.3 is 0 Å². The van der Waals surface area contributed by atoms with Crippen molar-refractivity contribution in [2.24, 2.45) is 0 Å². The Hall–Kier alpha value is 0.857. The summed E-state index contributed by atoms with van der Waals surface area (Å²) < 4.78 is 25.9. The van der Waals surface area contributed by atoms with Crippen molar-refractivity contribution < 1.29 is 13.0 Å². The van der Waals surface area contributed by atoms with Crippen LogP contribution in [0.1, 0.15) is 0 Å². The van der Waals surface area contributed by atoms with Gasteiger partial charge in [0.05, 0.1) is 6.26 Å². The molecule has 0 aromatic heterocycles. The third-order valence-electron chi connectivity index (χ3n) is 0.